The lowest BCUT2D eigenvalue weighted by Crippen LogP contribution is -2.34. The first-order valence-electron chi connectivity index (χ1n) is 11.7. The largest absolute Gasteiger partial charge is 0.453 e. The number of pyridine rings is 1. The number of ketones is 1. The van der Waals surface area contributed by atoms with E-state index in [2.05, 4.69) is 9.88 Å². The number of hydrogen-bond acceptors (Lipinski definition) is 6. The van der Waals surface area contributed by atoms with Crippen LogP contribution in [0.4, 0.5) is 4.39 Å². The molecule has 1 aliphatic heterocycles. The Bertz CT molecular complexity index is 1240. The highest BCUT2D eigenvalue weighted by Crippen LogP contribution is 2.37. The number of halogens is 1. The third kappa shape index (κ3) is 4.98. The summed E-state index contributed by atoms with van der Waals surface area (Å²) in [5.41, 5.74) is 1.30. The van der Waals surface area contributed by atoms with Crippen LogP contribution in [0.1, 0.15) is 40.9 Å². The van der Waals surface area contributed by atoms with Crippen LogP contribution in [0.3, 0.4) is 0 Å². The molecule has 5 rings (SSSR count). The summed E-state index contributed by atoms with van der Waals surface area (Å²) in [6, 6.07) is 8.49. The van der Waals surface area contributed by atoms with Gasteiger partial charge in [0.1, 0.15) is 11.5 Å². The number of aromatic nitrogens is 1. The van der Waals surface area contributed by atoms with Crippen LogP contribution in [0.15, 0.2) is 36.5 Å². The van der Waals surface area contributed by atoms with Gasteiger partial charge in [-0.15, -0.1) is 11.3 Å². The van der Waals surface area contributed by atoms with Crippen LogP contribution in [0, 0.1) is 11.7 Å². The van der Waals surface area contributed by atoms with Crippen molar-refractivity contribution in [3.05, 3.63) is 52.8 Å². The first kappa shape index (κ1) is 22.9. The van der Waals surface area contributed by atoms with Crippen molar-refractivity contribution in [1.29, 1.82) is 0 Å². The molecule has 1 aromatic carbocycles. The second-order valence-electron chi connectivity index (χ2n) is 9.52. The molecule has 1 aliphatic carbocycles. The number of rotatable bonds is 8. The maximum absolute atomic E-state index is 14.8. The van der Waals surface area contributed by atoms with Gasteiger partial charge >= 0.3 is 0 Å². The van der Waals surface area contributed by atoms with Gasteiger partial charge in [-0.2, -0.15) is 0 Å². The topological polar surface area (TPSA) is 62.7 Å². The van der Waals surface area contributed by atoms with E-state index in [0.717, 1.165) is 25.8 Å². The molecular weight excluding hydrogens is 453 g/mol. The molecule has 1 saturated carbocycles. The maximum atomic E-state index is 14.8. The highest BCUT2D eigenvalue weighted by molar-refractivity contribution is 7.21. The van der Waals surface area contributed by atoms with Crippen LogP contribution in [0.5, 0.6) is 11.5 Å². The highest BCUT2D eigenvalue weighted by Gasteiger charge is 2.29. The predicted molar refractivity (Wildman–Crippen MR) is 130 cm³/mol. The van der Waals surface area contributed by atoms with Gasteiger partial charge in [0, 0.05) is 44.2 Å². The molecule has 2 aliphatic rings. The summed E-state index contributed by atoms with van der Waals surface area (Å²) in [5.74, 6) is 0.693. The average Bonchev–Trinajstić information content (AvgIpc) is 3.30. The van der Waals surface area contributed by atoms with Crippen molar-refractivity contribution in [3.8, 4) is 11.5 Å². The number of ether oxygens (including phenoxy) is 1. The molecule has 0 radical (unpaired) electrons. The van der Waals surface area contributed by atoms with E-state index >= 15 is 0 Å². The van der Waals surface area contributed by atoms with Gasteiger partial charge in [-0.25, -0.2) is 4.39 Å². The number of amides is 1. The van der Waals surface area contributed by atoms with Crippen molar-refractivity contribution < 1.29 is 18.7 Å². The summed E-state index contributed by atoms with van der Waals surface area (Å²) < 4.78 is 21.4. The molecule has 2 aromatic heterocycles. The number of likely N-dealkylation sites (tertiary alicyclic amines) is 1. The Morgan fingerprint density at radius 1 is 1.18 bits per heavy atom. The fourth-order valence-electron chi connectivity index (χ4n) is 4.40. The summed E-state index contributed by atoms with van der Waals surface area (Å²) in [7, 11) is 4.06. The van der Waals surface area contributed by atoms with Crippen LogP contribution < -0.4 is 4.74 Å². The zero-order valence-corrected chi connectivity index (χ0v) is 20.2. The Kier molecular flexibility index (Phi) is 6.36. The number of thiophene rings is 1. The van der Waals surface area contributed by atoms with Gasteiger partial charge in [0.15, 0.2) is 11.6 Å². The minimum atomic E-state index is -0.513. The lowest BCUT2D eigenvalue weighted by atomic mass is 10.0. The number of likely N-dealkylation sites (N-methyl/N-ethyl adjacent to an activating group) is 1. The number of fused-ring (bicyclic) bond motifs is 1. The summed E-state index contributed by atoms with van der Waals surface area (Å²) >= 11 is 1.32. The summed E-state index contributed by atoms with van der Waals surface area (Å²) in [4.78, 5) is 34.2. The lowest BCUT2D eigenvalue weighted by molar-refractivity contribution is -0.118. The van der Waals surface area contributed by atoms with Crippen molar-refractivity contribution in [2.45, 2.75) is 38.1 Å². The van der Waals surface area contributed by atoms with Gasteiger partial charge in [0.05, 0.1) is 15.1 Å². The predicted octanol–water partition coefficient (Wildman–Crippen LogP) is 4.92. The Labute approximate surface area is 202 Å². The van der Waals surface area contributed by atoms with Crippen LogP contribution in [-0.4, -0.2) is 59.7 Å². The van der Waals surface area contributed by atoms with Gasteiger partial charge in [-0.1, -0.05) is 6.07 Å². The smallest absolute Gasteiger partial charge is 0.264 e. The average molecular weight is 482 g/mol. The molecule has 0 spiro atoms. The van der Waals surface area contributed by atoms with Gasteiger partial charge < -0.3 is 14.5 Å². The molecule has 2 fully saturated rings. The Morgan fingerprint density at radius 2 is 2.00 bits per heavy atom. The van der Waals surface area contributed by atoms with E-state index < -0.39 is 5.82 Å². The third-order valence-electron chi connectivity index (χ3n) is 6.60. The monoisotopic (exact) mass is 481 g/mol. The second-order valence-corrected chi connectivity index (χ2v) is 10.6. The minimum absolute atomic E-state index is 0.00954. The third-order valence-corrected chi connectivity index (χ3v) is 7.73. The Balaban J connectivity index is 1.32. The van der Waals surface area contributed by atoms with Crippen molar-refractivity contribution in [2.24, 2.45) is 5.92 Å². The van der Waals surface area contributed by atoms with E-state index in [1.807, 2.05) is 19.0 Å². The minimum Gasteiger partial charge on any atom is -0.453 e. The molecule has 3 heterocycles. The van der Waals surface area contributed by atoms with E-state index in [1.54, 1.807) is 30.5 Å². The molecule has 0 N–H and O–H groups in total. The molecule has 1 amide bonds. The normalized spacial score (nSPS) is 18.1. The van der Waals surface area contributed by atoms with Gasteiger partial charge in [-0.05, 0) is 63.0 Å². The molecule has 34 heavy (non-hydrogen) atoms. The molecule has 8 heteroatoms. The zero-order chi connectivity index (χ0) is 23.8. The Hall–Kier alpha value is -2.84. The first-order chi connectivity index (χ1) is 16.4. The molecule has 0 bridgehead atoms. The van der Waals surface area contributed by atoms with Crippen molar-refractivity contribution in [1.82, 2.24) is 14.8 Å². The summed E-state index contributed by atoms with van der Waals surface area (Å²) in [5, 5.41) is 0. The molecule has 1 atom stereocenters. The highest BCUT2D eigenvalue weighted by atomic mass is 32.1. The maximum Gasteiger partial charge on any atom is 0.264 e. The quantitative estimate of drug-likeness (QED) is 0.457. The zero-order valence-electron chi connectivity index (χ0n) is 19.4. The molecular formula is C26H28FN3O3S. The second kappa shape index (κ2) is 9.43. The van der Waals surface area contributed by atoms with Crippen molar-refractivity contribution in [3.63, 3.8) is 0 Å². The molecule has 178 valence electrons. The van der Waals surface area contributed by atoms with Gasteiger partial charge in [-0.3, -0.25) is 14.6 Å². The van der Waals surface area contributed by atoms with Gasteiger partial charge in [0.2, 0.25) is 0 Å². The van der Waals surface area contributed by atoms with Crippen LogP contribution >= 0.6 is 11.3 Å². The number of nitrogens with zero attached hydrogens (tertiary/aromatic N) is 3. The SMILES string of the molecule is CN(C)[C@H]1CCN(C(=O)c2cc3nccc(Oc4ccc(CC(=O)CC5CC5)cc4F)c3s2)C1. The number of carbonyl (C=O) groups excluding carboxylic acids is 2. The first-order valence-corrected chi connectivity index (χ1v) is 12.5. The molecule has 6 nitrogen and oxygen atoms in total. The van der Waals surface area contributed by atoms with Crippen LogP contribution in [0.25, 0.3) is 10.2 Å². The summed E-state index contributed by atoms with van der Waals surface area (Å²) in [6.07, 6.45) is 5.63. The summed E-state index contributed by atoms with van der Waals surface area (Å²) in [6.45, 7) is 1.44. The number of benzene rings is 1. The van der Waals surface area contributed by atoms with E-state index in [9.17, 15) is 14.0 Å². The Morgan fingerprint density at radius 3 is 2.71 bits per heavy atom. The van der Waals surface area contributed by atoms with Crippen LogP contribution in [-0.2, 0) is 11.2 Å². The van der Waals surface area contributed by atoms with Crippen molar-refractivity contribution >= 4 is 33.2 Å². The van der Waals surface area contributed by atoms with E-state index in [1.165, 1.54) is 17.4 Å². The van der Waals surface area contributed by atoms with Crippen LogP contribution in [0.2, 0.25) is 0 Å². The molecule has 0 unspecified atom stereocenters. The molecule has 3 aromatic rings. The van der Waals surface area contributed by atoms with E-state index in [0.29, 0.717) is 51.3 Å². The van der Waals surface area contributed by atoms with E-state index in [-0.39, 0.29) is 23.9 Å². The number of hydrogen-bond donors (Lipinski definition) is 0. The molecule has 1 saturated heterocycles. The van der Waals surface area contributed by atoms with Gasteiger partial charge in [0.25, 0.3) is 5.91 Å². The standard InChI is InChI=1S/C26H28FN3O3S/c1-29(2)18-8-10-30(15-18)26(32)24-14-21-25(34-24)23(7-9-28-21)33-22-6-5-17(13-20(22)27)12-19(31)11-16-3-4-16/h5-7,9,13-14,16,18H,3-4,8,10-12,15H2,1-2H3/t18-/m0/s1. The van der Waals surface area contributed by atoms with E-state index in [4.69, 9.17) is 4.74 Å². The lowest BCUT2D eigenvalue weighted by Gasteiger charge is -2.19. The number of carbonyl (C=O) groups is 2. The fraction of sp³-hybridized carbons (Fsp3) is 0.423. The number of Topliss-reactive ketones (excluding diaryl/α,β-unsaturated/α-hetero) is 1. The van der Waals surface area contributed by atoms with Crippen molar-refractivity contribution in [2.75, 3.05) is 27.2 Å². The fourth-order valence-corrected chi connectivity index (χ4v) is 5.44.